The van der Waals surface area contributed by atoms with Crippen molar-refractivity contribution in [1.29, 1.82) is 0 Å². The number of amides is 3. The lowest BCUT2D eigenvalue weighted by molar-refractivity contribution is 0.0806. The zero-order chi connectivity index (χ0) is 24.9. The fourth-order valence-corrected chi connectivity index (χ4v) is 4.48. The summed E-state index contributed by atoms with van der Waals surface area (Å²) in [4.78, 5) is 31.9. The van der Waals surface area contributed by atoms with E-state index in [1.807, 2.05) is 6.20 Å². The van der Waals surface area contributed by atoms with Crippen LogP contribution >= 0.6 is 23.2 Å². The molecule has 2 aliphatic rings. The molecule has 3 amide bonds. The first-order valence-corrected chi connectivity index (χ1v) is 12.2. The van der Waals surface area contributed by atoms with Crippen LogP contribution in [-0.2, 0) is 6.54 Å². The molecule has 2 aromatic carbocycles. The quantitative estimate of drug-likeness (QED) is 0.473. The maximum absolute atomic E-state index is 13.9. The van der Waals surface area contributed by atoms with Crippen LogP contribution in [0.2, 0.25) is 10.0 Å². The molecule has 0 aromatic heterocycles. The molecule has 0 radical (unpaired) electrons. The van der Waals surface area contributed by atoms with E-state index in [9.17, 15) is 14.0 Å². The second kappa shape index (κ2) is 11.1. The molecule has 35 heavy (non-hydrogen) atoms. The molecule has 1 fully saturated rings. The molecule has 0 aliphatic carbocycles. The van der Waals surface area contributed by atoms with Gasteiger partial charge in [0.2, 0.25) is 0 Å². The number of carbonyl (C=O) groups is 2. The van der Waals surface area contributed by atoms with Crippen molar-refractivity contribution in [3.05, 3.63) is 87.4 Å². The summed E-state index contributed by atoms with van der Waals surface area (Å²) in [5.41, 5.74) is 2.75. The summed E-state index contributed by atoms with van der Waals surface area (Å²) in [5.74, 6) is -0.555. The van der Waals surface area contributed by atoms with Crippen molar-refractivity contribution in [3.8, 4) is 0 Å². The van der Waals surface area contributed by atoms with Gasteiger partial charge in [0.25, 0.3) is 5.91 Å². The highest BCUT2D eigenvalue weighted by molar-refractivity contribution is 6.33. The van der Waals surface area contributed by atoms with E-state index >= 15 is 0 Å². The third kappa shape index (κ3) is 5.74. The Balaban J connectivity index is 1.44. The minimum absolute atomic E-state index is 0.0841. The van der Waals surface area contributed by atoms with Gasteiger partial charge in [-0.2, -0.15) is 0 Å². The number of benzene rings is 2. The van der Waals surface area contributed by atoms with Gasteiger partial charge in [-0.1, -0.05) is 54.4 Å². The van der Waals surface area contributed by atoms with Crippen molar-refractivity contribution in [2.24, 2.45) is 10.9 Å². The van der Waals surface area contributed by atoms with E-state index in [1.165, 1.54) is 18.2 Å². The van der Waals surface area contributed by atoms with Gasteiger partial charge in [0, 0.05) is 29.9 Å². The van der Waals surface area contributed by atoms with Gasteiger partial charge >= 0.3 is 6.03 Å². The first-order valence-electron chi connectivity index (χ1n) is 11.4. The molecule has 0 saturated carbocycles. The Labute approximate surface area is 213 Å². The van der Waals surface area contributed by atoms with E-state index in [4.69, 9.17) is 23.2 Å². The number of aliphatic imine (C=N–C) groups is 1. The van der Waals surface area contributed by atoms with E-state index in [0.29, 0.717) is 22.7 Å². The highest BCUT2D eigenvalue weighted by atomic mass is 35.5. The lowest BCUT2D eigenvalue weighted by Gasteiger charge is -2.31. The van der Waals surface area contributed by atoms with E-state index in [-0.39, 0.29) is 29.1 Å². The molecule has 2 heterocycles. The fraction of sp³-hybridized carbons (Fsp3) is 0.269. The van der Waals surface area contributed by atoms with Gasteiger partial charge in [0.1, 0.15) is 5.82 Å². The Bertz CT molecular complexity index is 1220. The van der Waals surface area contributed by atoms with Crippen molar-refractivity contribution in [2.45, 2.75) is 32.7 Å². The minimum Gasteiger partial charge on any atom is -0.334 e. The predicted octanol–water partition coefficient (Wildman–Crippen LogP) is 6.57. The molecule has 6 nitrogen and oxygen atoms in total. The average Bonchev–Trinajstić information content (AvgIpc) is 3.07. The summed E-state index contributed by atoms with van der Waals surface area (Å²) in [6.07, 6.45) is 8.59. The summed E-state index contributed by atoms with van der Waals surface area (Å²) < 4.78 is 13.9. The lowest BCUT2D eigenvalue weighted by atomic mass is 9.98. The Morgan fingerprint density at radius 3 is 2.77 bits per heavy atom. The van der Waals surface area contributed by atoms with Gasteiger partial charge in [-0.05, 0) is 55.0 Å². The van der Waals surface area contributed by atoms with Crippen LogP contribution in [0.5, 0.6) is 0 Å². The predicted molar refractivity (Wildman–Crippen MR) is 137 cm³/mol. The summed E-state index contributed by atoms with van der Waals surface area (Å²) in [6, 6.07) is 8.49. The van der Waals surface area contributed by atoms with Gasteiger partial charge in [-0.3, -0.25) is 9.79 Å². The molecule has 4 rings (SSSR count). The van der Waals surface area contributed by atoms with Crippen LogP contribution in [0.4, 0.5) is 14.9 Å². The van der Waals surface area contributed by atoms with Crippen molar-refractivity contribution in [3.63, 3.8) is 0 Å². The maximum Gasteiger partial charge on any atom is 0.319 e. The number of nitrogens with zero attached hydrogens (tertiary/aromatic N) is 2. The molecule has 0 spiro atoms. The highest BCUT2D eigenvalue weighted by Gasteiger charge is 2.28. The maximum atomic E-state index is 13.9. The third-order valence-electron chi connectivity index (χ3n) is 5.97. The Hall–Kier alpha value is -3.16. The summed E-state index contributed by atoms with van der Waals surface area (Å²) in [7, 11) is 0. The number of nitrogens with one attached hydrogen (secondary N) is 2. The number of hydrogen-bond donors (Lipinski definition) is 2. The Kier molecular flexibility index (Phi) is 7.88. The number of fused-ring (bicyclic) bond motifs is 1. The number of rotatable bonds is 5. The molecular weight excluding hydrogens is 490 g/mol. The molecule has 1 atom stereocenters. The minimum atomic E-state index is -0.635. The second-order valence-electron chi connectivity index (χ2n) is 8.31. The van der Waals surface area contributed by atoms with Gasteiger partial charge in [-0.25, -0.2) is 9.18 Å². The molecule has 182 valence electrons. The zero-order valence-electron chi connectivity index (χ0n) is 19.2. The van der Waals surface area contributed by atoms with Crippen LogP contribution < -0.4 is 10.6 Å². The summed E-state index contributed by atoms with van der Waals surface area (Å²) >= 11 is 12.4. The second-order valence-corrected chi connectivity index (χ2v) is 9.13. The van der Waals surface area contributed by atoms with Gasteiger partial charge in [0.05, 0.1) is 22.1 Å². The number of para-hydroxylation sites is 1. The number of carbonyl (C=O) groups excluding carboxylic acids is 2. The van der Waals surface area contributed by atoms with E-state index < -0.39 is 11.8 Å². The molecule has 1 saturated heterocycles. The number of urea groups is 1. The number of allylic oxidation sites excluding steroid dienone is 3. The Morgan fingerprint density at radius 2 is 2.03 bits per heavy atom. The van der Waals surface area contributed by atoms with Crippen LogP contribution in [0.3, 0.4) is 0 Å². The number of likely N-dealkylation sites (tertiary alicyclic amines) is 1. The van der Waals surface area contributed by atoms with Crippen molar-refractivity contribution in [1.82, 2.24) is 10.2 Å². The van der Waals surface area contributed by atoms with E-state index in [1.54, 1.807) is 23.1 Å². The summed E-state index contributed by atoms with van der Waals surface area (Å²) in [6.45, 7) is 2.80. The smallest absolute Gasteiger partial charge is 0.319 e. The normalized spacial score (nSPS) is 17.1. The lowest BCUT2D eigenvalue weighted by Crippen LogP contribution is -2.38. The Morgan fingerprint density at radius 1 is 1.20 bits per heavy atom. The molecule has 2 N–H and O–H groups in total. The number of piperidine rings is 1. The number of anilines is 1. The molecular formula is C26H25Cl2FN4O2. The molecule has 9 heteroatoms. The van der Waals surface area contributed by atoms with E-state index in [0.717, 1.165) is 30.7 Å². The van der Waals surface area contributed by atoms with Crippen LogP contribution in [0.25, 0.3) is 0 Å². The molecule has 2 aliphatic heterocycles. The van der Waals surface area contributed by atoms with E-state index in [2.05, 4.69) is 34.7 Å². The highest BCUT2D eigenvalue weighted by Crippen LogP contribution is 2.28. The van der Waals surface area contributed by atoms with Crippen LogP contribution in [0.15, 0.2) is 65.4 Å². The number of hydrogen-bond acceptors (Lipinski definition) is 3. The summed E-state index contributed by atoms with van der Waals surface area (Å²) in [5, 5.41) is 5.46. The fourth-order valence-electron chi connectivity index (χ4n) is 4.02. The third-order valence-corrected chi connectivity index (χ3v) is 6.64. The SMILES string of the molecule is CCC1C=CN=C2CCCN(C(=O)c3ccc(CNC(=O)Nc4c(F)cccc4Cl)c(Cl)c3)C2=C1. The first-order chi connectivity index (χ1) is 16.9. The van der Waals surface area contributed by atoms with Crippen LogP contribution in [0, 0.1) is 11.7 Å². The molecule has 1 unspecified atom stereocenters. The number of halogens is 3. The average molecular weight is 515 g/mol. The zero-order valence-corrected chi connectivity index (χ0v) is 20.7. The standard InChI is InChI=1S/C26H25Cl2FN4O2/c1-2-16-10-11-30-22-7-4-12-33(23(22)13-16)25(34)17-8-9-18(20(28)14-17)15-31-26(35)32-24-19(27)5-3-6-21(24)29/h3,5-6,8-11,13-14,16H,2,4,7,12,15H2,1H3,(H2,31,32,35). The molecule has 0 bridgehead atoms. The van der Waals surface area contributed by atoms with Crippen LogP contribution in [-0.4, -0.2) is 29.1 Å². The van der Waals surface area contributed by atoms with Gasteiger partial charge in [-0.15, -0.1) is 0 Å². The van der Waals surface area contributed by atoms with Gasteiger partial charge in [0.15, 0.2) is 0 Å². The van der Waals surface area contributed by atoms with Crippen molar-refractivity contribution in [2.75, 3.05) is 11.9 Å². The monoisotopic (exact) mass is 514 g/mol. The first kappa shape index (κ1) is 24.9. The topological polar surface area (TPSA) is 73.8 Å². The van der Waals surface area contributed by atoms with Crippen molar-refractivity contribution < 1.29 is 14.0 Å². The van der Waals surface area contributed by atoms with Crippen LogP contribution in [0.1, 0.15) is 42.1 Å². The van der Waals surface area contributed by atoms with Gasteiger partial charge < -0.3 is 15.5 Å². The van der Waals surface area contributed by atoms with Crippen molar-refractivity contribution >= 4 is 46.5 Å². The largest absolute Gasteiger partial charge is 0.334 e. The molecule has 2 aromatic rings.